The lowest BCUT2D eigenvalue weighted by Gasteiger charge is -2.49. The van der Waals surface area contributed by atoms with Crippen molar-refractivity contribution in [3.8, 4) is 0 Å². The topological polar surface area (TPSA) is 130 Å². The Hall–Kier alpha value is -2.53. The van der Waals surface area contributed by atoms with Gasteiger partial charge in [0.15, 0.2) is 0 Å². The third-order valence-electron chi connectivity index (χ3n) is 6.20. The van der Waals surface area contributed by atoms with Gasteiger partial charge in [0.05, 0.1) is 24.3 Å². The van der Waals surface area contributed by atoms with Gasteiger partial charge in [0.2, 0.25) is 15.9 Å². The number of hydrogen-bond acceptors (Lipinski definition) is 6. The molecule has 0 bridgehead atoms. The first kappa shape index (κ1) is 20.7. The van der Waals surface area contributed by atoms with Crippen LogP contribution in [0.5, 0.6) is 0 Å². The van der Waals surface area contributed by atoms with Crippen LogP contribution in [0.1, 0.15) is 31.2 Å². The molecule has 3 atom stereocenters. The highest BCUT2D eigenvalue weighted by Gasteiger charge is 2.49. The minimum Gasteiger partial charge on any atom is -0.350 e. The van der Waals surface area contributed by atoms with Crippen LogP contribution in [0.2, 0.25) is 0 Å². The van der Waals surface area contributed by atoms with Crippen LogP contribution in [0.3, 0.4) is 0 Å². The molecule has 11 heteroatoms. The van der Waals surface area contributed by atoms with Gasteiger partial charge in [-0.1, -0.05) is 0 Å². The van der Waals surface area contributed by atoms with Crippen LogP contribution in [-0.4, -0.2) is 51.5 Å². The Morgan fingerprint density at radius 3 is 2.90 bits per heavy atom. The Kier molecular flexibility index (Phi) is 5.49. The fraction of sp³-hybridized carbons (Fsp3) is 0.579. The predicted octanol–water partition coefficient (Wildman–Crippen LogP) is 0.258. The summed E-state index contributed by atoms with van der Waals surface area (Å²) in [5.41, 5.74) is 0.708. The molecule has 1 saturated heterocycles. The largest absolute Gasteiger partial charge is 0.350 e. The van der Waals surface area contributed by atoms with Crippen molar-refractivity contribution in [3.63, 3.8) is 0 Å². The van der Waals surface area contributed by atoms with E-state index in [4.69, 9.17) is 0 Å². The number of rotatable bonds is 6. The Bertz CT molecular complexity index is 1110. The van der Waals surface area contributed by atoms with Gasteiger partial charge in [-0.05, 0) is 38.5 Å². The molecular weight excluding hydrogens is 408 g/mol. The van der Waals surface area contributed by atoms with E-state index in [1.807, 2.05) is 6.92 Å². The minimum atomic E-state index is -3.64. The first-order valence-corrected chi connectivity index (χ1v) is 11.6. The Labute approximate surface area is 174 Å². The summed E-state index contributed by atoms with van der Waals surface area (Å²) in [6, 6.07) is 1.34. The average Bonchev–Trinajstić information content (AvgIpc) is 3.09. The van der Waals surface area contributed by atoms with Gasteiger partial charge >= 0.3 is 0 Å². The molecule has 1 amide bonds. The average molecular weight is 435 g/mol. The number of fused-ring (bicyclic) bond motifs is 1. The molecule has 2 aromatic rings. The van der Waals surface area contributed by atoms with Crippen LogP contribution in [0.25, 0.3) is 0 Å². The monoisotopic (exact) mass is 434 g/mol. The van der Waals surface area contributed by atoms with E-state index in [2.05, 4.69) is 20.4 Å². The number of nitrogens with zero attached hydrogens (tertiary/aromatic N) is 4. The molecule has 1 saturated carbocycles. The fourth-order valence-electron chi connectivity index (χ4n) is 4.44. The van der Waals surface area contributed by atoms with E-state index in [1.54, 1.807) is 17.8 Å². The van der Waals surface area contributed by atoms with Crippen molar-refractivity contribution in [2.75, 3.05) is 13.1 Å². The third-order valence-corrected chi connectivity index (χ3v) is 8.17. The first-order chi connectivity index (χ1) is 14.3. The summed E-state index contributed by atoms with van der Waals surface area (Å²) in [5, 5.41) is 7.09. The third kappa shape index (κ3) is 3.79. The summed E-state index contributed by atoms with van der Waals surface area (Å²) in [5.74, 6) is 0.0218. The van der Waals surface area contributed by atoms with E-state index in [1.165, 1.54) is 16.7 Å². The molecule has 1 aliphatic heterocycles. The van der Waals surface area contributed by atoms with Crippen molar-refractivity contribution < 1.29 is 13.2 Å². The Balaban J connectivity index is 1.42. The molecule has 2 N–H and O–H groups in total. The number of carbonyl (C=O) groups is 1. The number of piperidine rings is 1. The molecule has 4 rings (SSSR count). The Morgan fingerprint density at radius 2 is 2.20 bits per heavy atom. The zero-order chi connectivity index (χ0) is 21.5. The van der Waals surface area contributed by atoms with Crippen LogP contribution in [0, 0.1) is 24.7 Å². The molecule has 0 unspecified atom stereocenters. The second-order valence-electron chi connectivity index (χ2n) is 7.97. The van der Waals surface area contributed by atoms with Crippen molar-refractivity contribution in [1.29, 1.82) is 0 Å². The fourth-order valence-corrected chi connectivity index (χ4v) is 6.10. The second kappa shape index (κ2) is 7.95. The van der Waals surface area contributed by atoms with Crippen molar-refractivity contribution in [2.24, 2.45) is 17.8 Å². The summed E-state index contributed by atoms with van der Waals surface area (Å²) < 4.78 is 29.4. The zero-order valence-corrected chi connectivity index (χ0v) is 17.9. The number of amides is 1. The molecule has 1 aliphatic carbocycles. The lowest BCUT2D eigenvalue weighted by molar-refractivity contribution is -0.135. The first-order valence-electron chi connectivity index (χ1n) is 10.1. The van der Waals surface area contributed by atoms with Crippen LogP contribution < -0.4 is 10.9 Å². The van der Waals surface area contributed by atoms with Gasteiger partial charge in [0.25, 0.3) is 5.56 Å². The molecule has 2 aliphatic rings. The van der Waals surface area contributed by atoms with E-state index >= 15 is 0 Å². The predicted molar refractivity (Wildman–Crippen MR) is 108 cm³/mol. The number of aromatic amines is 1. The number of carbonyl (C=O) groups excluding carboxylic acids is 1. The van der Waals surface area contributed by atoms with E-state index in [0.29, 0.717) is 36.9 Å². The second-order valence-corrected chi connectivity index (χ2v) is 9.88. The molecule has 10 nitrogen and oxygen atoms in total. The maximum Gasteiger partial charge on any atom is 0.250 e. The lowest BCUT2D eigenvalue weighted by Crippen LogP contribution is -2.55. The van der Waals surface area contributed by atoms with Gasteiger partial charge in [-0.2, -0.15) is 9.40 Å². The van der Waals surface area contributed by atoms with Crippen molar-refractivity contribution in [2.45, 2.75) is 44.7 Å². The summed E-state index contributed by atoms with van der Waals surface area (Å²) in [6.07, 6.45) is 4.40. The smallest absolute Gasteiger partial charge is 0.250 e. The van der Waals surface area contributed by atoms with Crippen LogP contribution in [-0.2, 0) is 27.9 Å². The molecule has 0 spiro atoms. The molecule has 30 heavy (non-hydrogen) atoms. The number of hydrogen-bond donors (Lipinski definition) is 2. The van der Waals surface area contributed by atoms with Gasteiger partial charge in [0, 0.05) is 37.8 Å². The number of aryl methyl sites for hydroxylation is 2. The van der Waals surface area contributed by atoms with E-state index in [-0.39, 0.29) is 34.7 Å². The highest BCUT2D eigenvalue weighted by molar-refractivity contribution is 7.89. The zero-order valence-electron chi connectivity index (χ0n) is 17.0. The van der Waals surface area contributed by atoms with Gasteiger partial charge in [-0.25, -0.2) is 13.4 Å². The number of aromatic nitrogens is 4. The van der Waals surface area contributed by atoms with Crippen LogP contribution in [0.4, 0.5) is 0 Å². The number of sulfonamides is 1. The van der Waals surface area contributed by atoms with E-state index in [9.17, 15) is 18.0 Å². The van der Waals surface area contributed by atoms with Gasteiger partial charge in [-0.3, -0.25) is 14.3 Å². The van der Waals surface area contributed by atoms with E-state index < -0.39 is 10.0 Å². The quantitative estimate of drug-likeness (QED) is 0.671. The molecule has 2 fully saturated rings. The summed E-state index contributed by atoms with van der Waals surface area (Å²) >= 11 is 0. The highest BCUT2D eigenvalue weighted by Crippen LogP contribution is 2.46. The van der Waals surface area contributed by atoms with Crippen molar-refractivity contribution in [1.82, 2.24) is 29.4 Å². The maximum absolute atomic E-state index is 13.2. The number of H-pyrrole nitrogens is 1. The van der Waals surface area contributed by atoms with Crippen LogP contribution in [0.15, 0.2) is 28.3 Å². The summed E-state index contributed by atoms with van der Waals surface area (Å²) in [7, 11) is -3.64. The maximum atomic E-state index is 13.2. The summed E-state index contributed by atoms with van der Waals surface area (Å²) in [6.45, 7) is 5.19. The SMILES string of the molecule is CCn1cc(S(=O)(=O)N2CC[C@@H]3C[C@@H](C(=O)NCc4cc(=O)[nH]cn4)[C@@H]3C2)c(C)n1. The van der Waals surface area contributed by atoms with Crippen LogP contribution >= 0.6 is 0 Å². The normalized spacial score (nSPS) is 24.1. The van der Waals surface area contributed by atoms with Crippen molar-refractivity contribution >= 4 is 15.9 Å². The highest BCUT2D eigenvalue weighted by atomic mass is 32.2. The van der Waals surface area contributed by atoms with E-state index in [0.717, 1.165) is 12.8 Å². The molecule has 162 valence electrons. The van der Waals surface area contributed by atoms with Crippen molar-refractivity contribution in [3.05, 3.63) is 40.3 Å². The standard InChI is InChI=1S/C19H26N6O4S/c1-3-24-10-17(12(2)23-24)30(28,29)25-5-4-13-6-15(16(13)9-25)19(27)20-8-14-7-18(26)22-11-21-14/h7,10-11,13,15-16H,3-6,8-9H2,1-2H3,(H,20,27)(H,21,22,26)/t13-,15-,16-/m1/s1. The lowest BCUT2D eigenvalue weighted by atomic mass is 9.61. The van der Waals surface area contributed by atoms with Gasteiger partial charge in [-0.15, -0.1) is 0 Å². The minimum absolute atomic E-state index is 0.00202. The molecular formula is C19H26N6O4S. The van der Waals surface area contributed by atoms with Gasteiger partial charge < -0.3 is 10.3 Å². The molecule has 2 aromatic heterocycles. The summed E-state index contributed by atoms with van der Waals surface area (Å²) in [4.78, 5) is 30.7. The Morgan fingerprint density at radius 1 is 1.40 bits per heavy atom. The molecule has 3 heterocycles. The molecule has 0 radical (unpaired) electrons. The molecule has 0 aromatic carbocycles. The van der Waals surface area contributed by atoms with Gasteiger partial charge in [0.1, 0.15) is 4.90 Å². The number of nitrogens with one attached hydrogen (secondary N) is 2.